The van der Waals surface area contributed by atoms with E-state index in [-0.39, 0.29) is 37.9 Å². The smallest absolute Gasteiger partial charge is 0.327 e. The number of amides is 2. The number of aliphatic hydroxyl groups excluding tert-OH is 1. The van der Waals surface area contributed by atoms with Gasteiger partial charge in [-0.3, -0.25) is 19.2 Å². The van der Waals surface area contributed by atoms with E-state index in [1.54, 1.807) is 25.2 Å². The predicted octanol–water partition coefficient (Wildman–Crippen LogP) is 3.34. The molecule has 248 valence electrons. The summed E-state index contributed by atoms with van der Waals surface area (Å²) >= 11 is 0. The molecule has 11 heteroatoms. The van der Waals surface area contributed by atoms with Crippen LogP contribution in [0.25, 0.3) is 6.08 Å². The maximum atomic E-state index is 14.0. The number of carbonyl (C=O) groups excluding carboxylic acids is 3. The van der Waals surface area contributed by atoms with E-state index in [9.17, 15) is 19.5 Å². The highest BCUT2D eigenvalue weighted by molar-refractivity contribution is 5.93. The van der Waals surface area contributed by atoms with Gasteiger partial charge in [-0.1, -0.05) is 63.8 Å². The van der Waals surface area contributed by atoms with Crippen LogP contribution in [0.5, 0.6) is 0 Å². The zero-order valence-electron chi connectivity index (χ0n) is 27.0. The molecule has 0 spiro atoms. The van der Waals surface area contributed by atoms with E-state index in [4.69, 9.17) is 19.0 Å². The zero-order chi connectivity index (χ0) is 32.2. The van der Waals surface area contributed by atoms with E-state index in [2.05, 4.69) is 19.2 Å². The Morgan fingerprint density at radius 1 is 1.04 bits per heavy atom. The van der Waals surface area contributed by atoms with Gasteiger partial charge in [-0.2, -0.15) is 5.06 Å². The third-order valence-corrected chi connectivity index (χ3v) is 9.57. The van der Waals surface area contributed by atoms with Crippen LogP contribution in [0.1, 0.15) is 82.8 Å². The first-order chi connectivity index (χ1) is 21.7. The standard InChI is InChI=1S/C34H49N3O8/c1-5-7-9-17-33(18-10-8-6-2)43-27-25-21-34(32(41)35-19-20-38)29(31(40)42-25)37(45-30(34)28(27)44-33)22-24-13-11-23(12-14-24)15-16-26(39)36(3)4/h11-16,25,27-30,38H,5-10,17-22H2,1-4H3,(H,35,41)/t25-,27+,28+,29-,30-,34-/m1/s1. The molecule has 1 saturated carbocycles. The zero-order valence-corrected chi connectivity index (χ0v) is 27.0. The van der Waals surface area contributed by atoms with Gasteiger partial charge in [0.05, 0.1) is 13.2 Å². The summed E-state index contributed by atoms with van der Waals surface area (Å²) in [5, 5.41) is 13.9. The molecule has 3 aliphatic heterocycles. The quantitative estimate of drug-likeness (QED) is 0.171. The topological polar surface area (TPSA) is 127 Å². The lowest BCUT2D eigenvalue weighted by atomic mass is 9.62. The molecule has 3 saturated heterocycles. The van der Waals surface area contributed by atoms with Crippen LogP contribution in [0.2, 0.25) is 0 Å². The lowest BCUT2D eigenvalue weighted by molar-refractivity contribution is -0.224. The first kappa shape index (κ1) is 33.5. The van der Waals surface area contributed by atoms with Gasteiger partial charge in [-0.15, -0.1) is 0 Å². The minimum atomic E-state index is -1.27. The molecule has 0 aromatic heterocycles. The Morgan fingerprint density at radius 2 is 1.71 bits per heavy atom. The van der Waals surface area contributed by atoms with Gasteiger partial charge in [0.1, 0.15) is 29.8 Å². The highest BCUT2D eigenvalue weighted by atomic mass is 16.8. The number of carbonyl (C=O) groups is 3. The van der Waals surface area contributed by atoms with Crippen LogP contribution in [0, 0.1) is 5.41 Å². The molecular formula is C34H49N3O8. The third kappa shape index (κ3) is 6.69. The number of nitrogens with zero attached hydrogens (tertiary/aromatic N) is 2. The Balaban J connectivity index is 1.44. The fraction of sp³-hybridized carbons (Fsp3) is 0.676. The first-order valence-electron chi connectivity index (χ1n) is 16.5. The second-order valence-electron chi connectivity index (χ2n) is 13.0. The average Bonchev–Trinajstić information content (AvgIpc) is 3.58. The molecule has 2 bridgehead atoms. The Kier molecular flexibility index (Phi) is 10.7. The number of aliphatic hydroxyl groups is 1. The van der Waals surface area contributed by atoms with Crippen molar-refractivity contribution in [3.05, 3.63) is 41.5 Å². The molecular weight excluding hydrogens is 578 g/mol. The number of fused-ring (bicyclic) bond motifs is 4. The van der Waals surface area contributed by atoms with Crippen molar-refractivity contribution in [2.75, 3.05) is 27.2 Å². The summed E-state index contributed by atoms with van der Waals surface area (Å²) < 4.78 is 19.7. The monoisotopic (exact) mass is 627 g/mol. The molecule has 1 aromatic carbocycles. The van der Waals surface area contributed by atoms with E-state index >= 15 is 0 Å². The number of rotatable bonds is 15. The van der Waals surface area contributed by atoms with Crippen LogP contribution in [-0.4, -0.2) is 96.3 Å². The number of hydroxylamine groups is 2. The number of unbranched alkanes of at least 4 members (excludes halogenated alkanes) is 4. The second kappa shape index (κ2) is 14.3. The molecule has 1 aromatic rings. The van der Waals surface area contributed by atoms with Crippen LogP contribution in [-0.2, 0) is 40.0 Å². The number of esters is 1. The van der Waals surface area contributed by atoms with Gasteiger partial charge in [0.2, 0.25) is 11.8 Å². The molecule has 4 fully saturated rings. The Labute approximate surface area is 266 Å². The van der Waals surface area contributed by atoms with E-state index in [0.29, 0.717) is 0 Å². The average molecular weight is 628 g/mol. The van der Waals surface area contributed by atoms with Crippen molar-refractivity contribution < 1.29 is 38.5 Å². The third-order valence-electron chi connectivity index (χ3n) is 9.57. The van der Waals surface area contributed by atoms with E-state index in [0.717, 1.165) is 62.5 Å². The van der Waals surface area contributed by atoms with Crippen molar-refractivity contribution >= 4 is 23.9 Å². The summed E-state index contributed by atoms with van der Waals surface area (Å²) in [6.07, 6.45) is 8.54. The molecule has 0 radical (unpaired) electrons. The normalized spacial score (nSPS) is 29.9. The number of benzene rings is 1. The molecule has 0 unspecified atom stereocenters. The van der Waals surface area contributed by atoms with Crippen molar-refractivity contribution in [1.82, 2.24) is 15.3 Å². The summed E-state index contributed by atoms with van der Waals surface area (Å²) in [6.45, 7) is 4.39. The largest absolute Gasteiger partial charge is 0.458 e. The fourth-order valence-corrected chi connectivity index (χ4v) is 7.26. The number of ether oxygens (including phenoxy) is 3. The lowest BCUT2D eigenvalue weighted by Gasteiger charge is -2.48. The van der Waals surface area contributed by atoms with Gasteiger partial charge in [-0.25, -0.2) is 0 Å². The van der Waals surface area contributed by atoms with Crippen LogP contribution >= 0.6 is 0 Å². The predicted molar refractivity (Wildman–Crippen MR) is 166 cm³/mol. The fourth-order valence-electron chi connectivity index (χ4n) is 7.26. The van der Waals surface area contributed by atoms with Crippen molar-refractivity contribution in [2.24, 2.45) is 5.41 Å². The van der Waals surface area contributed by atoms with E-state index in [1.165, 1.54) is 11.0 Å². The number of hydrogen-bond donors (Lipinski definition) is 2. The minimum Gasteiger partial charge on any atom is -0.458 e. The summed E-state index contributed by atoms with van der Waals surface area (Å²) in [7, 11) is 3.39. The molecule has 6 atom stereocenters. The van der Waals surface area contributed by atoms with Crippen LogP contribution in [0.4, 0.5) is 0 Å². The summed E-state index contributed by atoms with van der Waals surface area (Å²) in [5.74, 6) is -1.80. The van der Waals surface area contributed by atoms with Crippen LogP contribution in [0.3, 0.4) is 0 Å². The molecule has 11 nitrogen and oxygen atoms in total. The molecule has 45 heavy (non-hydrogen) atoms. The summed E-state index contributed by atoms with van der Waals surface area (Å²) in [5.41, 5.74) is 0.448. The SMILES string of the molecule is CCCCCC1(CCCCC)O[C@@H]2[C@H](O1)[C@H]1ON(Cc3ccc(C=CC(=O)N(C)C)cc3)[C@@H]3C(=O)O[C@@H]2C[C@]13C(=O)NCCO. The van der Waals surface area contributed by atoms with Gasteiger partial charge >= 0.3 is 5.97 Å². The molecule has 1 aliphatic carbocycles. The highest BCUT2D eigenvalue weighted by Crippen LogP contribution is 2.58. The van der Waals surface area contributed by atoms with Crippen molar-refractivity contribution in [1.29, 1.82) is 0 Å². The van der Waals surface area contributed by atoms with Gasteiger partial charge in [0.15, 0.2) is 11.8 Å². The van der Waals surface area contributed by atoms with Gasteiger partial charge < -0.3 is 29.5 Å². The second-order valence-corrected chi connectivity index (χ2v) is 13.0. The van der Waals surface area contributed by atoms with Gasteiger partial charge in [0, 0.05) is 46.0 Å². The molecule has 4 aliphatic rings. The minimum absolute atomic E-state index is 0.0640. The number of hydrogen-bond acceptors (Lipinski definition) is 9. The number of likely N-dealkylation sites (N-methyl/N-ethyl adjacent to an activating group) is 1. The van der Waals surface area contributed by atoms with Crippen LogP contribution < -0.4 is 5.32 Å². The molecule has 2 N–H and O–H groups in total. The molecule has 5 rings (SSSR count). The highest BCUT2D eigenvalue weighted by Gasteiger charge is 2.76. The first-order valence-corrected chi connectivity index (χ1v) is 16.5. The summed E-state index contributed by atoms with van der Waals surface area (Å²) in [6, 6.07) is 6.61. The summed E-state index contributed by atoms with van der Waals surface area (Å²) in [4.78, 5) is 47.8. The Morgan fingerprint density at radius 3 is 2.33 bits per heavy atom. The molecule has 3 heterocycles. The number of nitrogens with one attached hydrogen (secondary N) is 1. The maximum absolute atomic E-state index is 14.0. The Hall–Kier alpha value is -2.83. The van der Waals surface area contributed by atoms with Crippen molar-refractivity contribution in [3.8, 4) is 0 Å². The maximum Gasteiger partial charge on any atom is 0.327 e. The Bertz CT molecular complexity index is 1230. The van der Waals surface area contributed by atoms with Crippen LogP contribution in [0.15, 0.2) is 30.3 Å². The van der Waals surface area contributed by atoms with Crippen molar-refractivity contribution in [3.63, 3.8) is 0 Å². The van der Waals surface area contributed by atoms with Crippen molar-refractivity contribution in [2.45, 2.75) is 114 Å². The van der Waals surface area contributed by atoms with E-state index < -0.39 is 47.6 Å². The lowest BCUT2D eigenvalue weighted by Crippen LogP contribution is -2.69. The van der Waals surface area contributed by atoms with E-state index in [1.807, 2.05) is 24.3 Å². The van der Waals surface area contributed by atoms with Gasteiger partial charge in [0.25, 0.3) is 0 Å². The molecule has 2 amide bonds. The van der Waals surface area contributed by atoms with Gasteiger partial charge in [-0.05, 0) is 30.0 Å².